The van der Waals surface area contributed by atoms with Crippen LogP contribution in [-0.2, 0) is 37.7 Å². The molecule has 3 aromatic rings. The van der Waals surface area contributed by atoms with Gasteiger partial charge in [-0.05, 0) is 71.5 Å². The van der Waals surface area contributed by atoms with Gasteiger partial charge in [0.05, 0.1) is 5.76 Å². The fourth-order valence-corrected chi connectivity index (χ4v) is 6.88. The van der Waals surface area contributed by atoms with Crippen molar-refractivity contribution in [2.24, 2.45) is 17.3 Å². The molecule has 0 amide bonds. The van der Waals surface area contributed by atoms with Gasteiger partial charge in [-0.15, -0.1) is 34.9 Å². The number of hydrogen-bond acceptors (Lipinski definition) is 3. The van der Waals surface area contributed by atoms with Gasteiger partial charge in [-0.25, -0.2) is 0 Å². The molecule has 1 heterocycles. The number of benzene rings is 2. The van der Waals surface area contributed by atoms with E-state index in [1.165, 1.54) is 64.8 Å². The van der Waals surface area contributed by atoms with Crippen molar-refractivity contribution >= 4 is 16.6 Å². The Kier molecular flexibility index (Phi) is 10.9. The largest absolute Gasteiger partial charge is 0.512 e. The summed E-state index contributed by atoms with van der Waals surface area (Å²) >= 11 is 0. The van der Waals surface area contributed by atoms with Crippen LogP contribution in [0.1, 0.15) is 94.9 Å². The van der Waals surface area contributed by atoms with Gasteiger partial charge in [-0.3, -0.25) is 4.79 Å². The van der Waals surface area contributed by atoms with Crippen LogP contribution in [0.15, 0.2) is 48.4 Å². The summed E-state index contributed by atoms with van der Waals surface area (Å²) in [7, 11) is 0. The quantitative estimate of drug-likeness (QED) is 0.166. The molecule has 2 aromatic carbocycles. The third kappa shape index (κ3) is 7.31. The molecule has 6 rings (SSSR count). The zero-order valence-electron chi connectivity index (χ0n) is 23.9. The number of aliphatic hydroxyl groups excluding tert-OH is 1. The Labute approximate surface area is 255 Å². The van der Waals surface area contributed by atoms with Gasteiger partial charge in [-0.1, -0.05) is 79.0 Å². The van der Waals surface area contributed by atoms with Gasteiger partial charge in [0.2, 0.25) is 0 Å². The summed E-state index contributed by atoms with van der Waals surface area (Å²) in [5.74, 6) is 0.991. The first kappa shape index (κ1) is 32.2. The van der Waals surface area contributed by atoms with Crippen LogP contribution in [0.2, 0.25) is 0 Å². The molecule has 2 fully saturated rings. The molecule has 0 saturated heterocycles. The third-order valence-electron chi connectivity index (χ3n) is 8.64. The molecule has 0 bridgehead atoms. The number of carbonyl (C=O) groups excluding carboxylic acids is 1. The van der Waals surface area contributed by atoms with Gasteiger partial charge in [0, 0.05) is 44.2 Å². The molecule has 0 atom stereocenters. The molecular formula is C36H46IrNO2-. The molecule has 40 heavy (non-hydrogen) atoms. The van der Waals surface area contributed by atoms with Crippen molar-refractivity contribution in [2.75, 3.05) is 0 Å². The summed E-state index contributed by atoms with van der Waals surface area (Å²) in [4.78, 5) is 16.6. The van der Waals surface area contributed by atoms with Crippen molar-refractivity contribution in [3.63, 3.8) is 0 Å². The van der Waals surface area contributed by atoms with E-state index in [4.69, 9.17) is 4.98 Å². The molecule has 3 aliphatic carbocycles. The molecule has 2 saturated carbocycles. The maximum absolute atomic E-state index is 11.8. The molecule has 3 aliphatic rings. The van der Waals surface area contributed by atoms with E-state index in [1.54, 1.807) is 0 Å². The maximum Gasteiger partial charge on any atom is 0.162 e. The number of aromatic nitrogens is 1. The number of allylic oxidation sites excluding steroid dienone is 2. The van der Waals surface area contributed by atoms with Crippen molar-refractivity contribution < 1.29 is 30.0 Å². The fourth-order valence-electron chi connectivity index (χ4n) is 6.88. The average molecular weight is 717 g/mol. The van der Waals surface area contributed by atoms with E-state index in [0.29, 0.717) is 11.2 Å². The first-order valence-corrected chi connectivity index (χ1v) is 14.5. The predicted molar refractivity (Wildman–Crippen MR) is 163 cm³/mol. The Morgan fingerprint density at radius 2 is 1.60 bits per heavy atom. The summed E-state index contributed by atoms with van der Waals surface area (Å²) in [6.07, 6.45) is 14.7. The molecule has 1 N–H and O–H groups in total. The molecule has 1 radical (unpaired) electrons. The van der Waals surface area contributed by atoms with Gasteiger partial charge >= 0.3 is 0 Å². The minimum absolute atomic E-state index is 0. The third-order valence-corrected chi connectivity index (χ3v) is 8.64. The molecule has 1 aromatic heterocycles. The zero-order valence-corrected chi connectivity index (χ0v) is 26.3. The summed E-state index contributed by atoms with van der Waals surface area (Å²) in [6, 6.07) is 14.5. The van der Waals surface area contributed by atoms with Crippen molar-refractivity contribution in [2.45, 2.75) is 99.3 Å². The molecular weight excluding hydrogens is 671 g/mol. The number of nitrogens with zero attached hydrogens (tertiary/aromatic N) is 1. The number of carbonyl (C=O) groups is 1. The second-order valence-corrected chi connectivity index (χ2v) is 12.7. The Morgan fingerprint density at radius 1 is 0.975 bits per heavy atom. The van der Waals surface area contributed by atoms with E-state index in [9.17, 15) is 9.90 Å². The minimum Gasteiger partial charge on any atom is -0.512 e. The van der Waals surface area contributed by atoms with Crippen molar-refractivity contribution in [3.05, 3.63) is 76.7 Å². The summed E-state index contributed by atoms with van der Waals surface area (Å²) < 4.78 is 0. The Hall–Kier alpha value is -2.29. The average Bonchev–Trinajstić information content (AvgIpc) is 3.58. The van der Waals surface area contributed by atoms with Crippen LogP contribution in [0.3, 0.4) is 0 Å². The van der Waals surface area contributed by atoms with Crippen LogP contribution in [0.5, 0.6) is 0 Å². The van der Waals surface area contributed by atoms with Crippen molar-refractivity contribution in [1.82, 2.24) is 4.98 Å². The van der Waals surface area contributed by atoms with Gasteiger partial charge in [0.15, 0.2) is 5.78 Å². The molecule has 217 valence electrons. The van der Waals surface area contributed by atoms with Crippen LogP contribution in [0, 0.1) is 37.2 Å². The monoisotopic (exact) mass is 717 g/mol. The topological polar surface area (TPSA) is 50.2 Å². The maximum atomic E-state index is 11.8. The second-order valence-electron chi connectivity index (χ2n) is 12.7. The smallest absolute Gasteiger partial charge is 0.162 e. The number of aliphatic hydroxyl groups is 1. The van der Waals surface area contributed by atoms with E-state index in [0.717, 1.165) is 49.8 Å². The first-order valence-electron chi connectivity index (χ1n) is 14.5. The number of hydrogen-bond donors (Lipinski definition) is 1. The Bertz CT molecular complexity index is 1330. The molecule has 0 unspecified atom stereocenters. The van der Waals surface area contributed by atoms with Crippen LogP contribution >= 0.6 is 0 Å². The van der Waals surface area contributed by atoms with Gasteiger partial charge in [0.25, 0.3) is 0 Å². The van der Waals surface area contributed by atoms with E-state index >= 15 is 0 Å². The number of aryl methyl sites for hydroxylation is 2. The standard InChI is InChI=1S/C22H22N.C13H20O2.CH4.Ir/c1-14-8-15(2)10-17(9-14)21-19-7-5-6-16-11-22(3,4)12-18(13-23-21)20(16)19;14-12(10-5-1-2-6-10)9-13(15)11-7-3-4-8-11;;/h5-9,13H,11-12H2,1-4H3;9-11,14H,1-8H2;1H4;/q-1;;;. The van der Waals surface area contributed by atoms with E-state index < -0.39 is 0 Å². The number of pyridine rings is 1. The molecule has 4 heteroatoms. The molecule has 3 nitrogen and oxygen atoms in total. The summed E-state index contributed by atoms with van der Waals surface area (Å²) in [5.41, 5.74) is 7.77. The van der Waals surface area contributed by atoms with Crippen molar-refractivity contribution in [3.8, 4) is 11.3 Å². The summed E-state index contributed by atoms with van der Waals surface area (Å²) in [5, 5.41) is 12.5. The molecule has 0 aliphatic heterocycles. The van der Waals surface area contributed by atoms with Gasteiger partial charge in [-0.2, -0.15) is 0 Å². The normalized spacial score (nSPS) is 18.4. The van der Waals surface area contributed by atoms with Crippen LogP contribution in [0.25, 0.3) is 22.0 Å². The Morgan fingerprint density at radius 3 is 2.25 bits per heavy atom. The Balaban J connectivity index is 0.000000228. The van der Waals surface area contributed by atoms with E-state index in [1.807, 2.05) is 0 Å². The minimum atomic E-state index is 0. The van der Waals surface area contributed by atoms with Crippen LogP contribution in [-0.4, -0.2) is 15.9 Å². The van der Waals surface area contributed by atoms with E-state index in [2.05, 4.69) is 70.3 Å². The summed E-state index contributed by atoms with van der Waals surface area (Å²) in [6.45, 7) is 8.93. The molecule has 0 spiro atoms. The predicted octanol–water partition coefficient (Wildman–Crippen LogP) is 9.46. The van der Waals surface area contributed by atoms with Crippen LogP contribution in [0.4, 0.5) is 0 Å². The van der Waals surface area contributed by atoms with Gasteiger partial charge < -0.3 is 10.1 Å². The van der Waals surface area contributed by atoms with Crippen molar-refractivity contribution in [1.29, 1.82) is 0 Å². The van der Waals surface area contributed by atoms with Crippen LogP contribution < -0.4 is 0 Å². The fraction of sp³-hybridized carbons (Fsp3) is 0.500. The van der Waals surface area contributed by atoms with Gasteiger partial charge in [0.1, 0.15) is 0 Å². The second kappa shape index (κ2) is 13.6. The van der Waals surface area contributed by atoms with E-state index in [-0.39, 0.29) is 45.2 Å². The first-order chi connectivity index (χ1) is 18.2. The number of ketones is 1. The zero-order chi connectivity index (χ0) is 26.9. The number of rotatable bonds is 4. The SMILES string of the molecule is C.Cc1[c-]c(-c2ncc3c4c(cccc24)CC(C)(C)C3)cc(C)c1.O=C(C=C(O)C1CCCC1)C1CCCC1.[Ir].